The summed E-state index contributed by atoms with van der Waals surface area (Å²) in [5, 5.41) is 10.6. The molecule has 0 radical (unpaired) electrons. The molecule has 1 aliphatic heterocycles. The summed E-state index contributed by atoms with van der Waals surface area (Å²) in [6.45, 7) is 0. The van der Waals surface area contributed by atoms with Crippen LogP contribution in [0, 0.1) is 0 Å². The number of nitrogens with zero attached hydrogens (tertiary/aromatic N) is 3. The highest BCUT2D eigenvalue weighted by Gasteiger charge is 2.37. The molecule has 3 rings (SSSR count). The zero-order valence-corrected chi connectivity index (χ0v) is 11.8. The number of fused-ring (bicyclic) bond motifs is 1. The molecule has 1 aromatic carbocycles. The lowest BCUT2D eigenvalue weighted by Crippen LogP contribution is -2.48. The quantitative estimate of drug-likeness (QED) is 0.482. The molecule has 0 spiro atoms. The standard InChI is InChI=1S/C14H12N4O5/c15-9-7-8-3-1-2-4-10(8)16-13(9)23-14(21)18(22)17-11(19)5-6-12(17)20/h1-4,7,22H,5-6,15H2. The Morgan fingerprint density at radius 1 is 1.26 bits per heavy atom. The van der Waals surface area contributed by atoms with Gasteiger partial charge < -0.3 is 10.5 Å². The number of nitrogens with two attached hydrogens (primary N) is 1. The minimum Gasteiger partial charge on any atom is -0.394 e. The van der Waals surface area contributed by atoms with Crippen molar-refractivity contribution in [3.8, 4) is 5.88 Å². The lowest BCUT2D eigenvalue weighted by Gasteiger charge is -2.22. The molecule has 2 aromatic rings. The van der Waals surface area contributed by atoms with Crippen molar-refractivity contribution in [1.29, 1.82) is 0 Å². The Morgan fingerprint density at radius 3 is 2.61 bits per heavy atom. The van der Waals surface area contributed by atoms with Crippen molar-refractivity contribution in [3.63, 3.8) is 0 Å². The van der Waals surface area contributed by atoms with E-state index in [0.717, 1.165) is 5.39 Å². The molecule has 23 heavy (non-hydrogen) atoms. The van der Waals surface area contributed by atoms with Gasteiger partial charge in [0, 0.05) is 18.2 Å². The summed E-state index contributed by atoms with van der Waals surface area (Å²) < 4.78 is 4.88. The number of ether oxygens (including phenoxy) is 1. The molecule has 0 atom stereocenters. The van der Waals surface area contributed by atoms with Gasteiger partial charge in [-0.15, -0.1) is 0 Å². The summed E-state index contributed by atoms with van der Waals surface area (Å²) in [4.78, 5) is 38.9. The highest BCUT2D eigenvalue weighted by Crippen LogP contribution is 2.25. The van der Waals surface area contributed by atoms with E-state index in [4.69, 9.17) is 10.5 Å². The first-order chi connectivity index (χ1) is 11.0. The molecule has 0 aliphatic carbocycles. The van der Waals surface area contributed by atoms with E-state index < -0.39 is 17.9 Å². The molecule has 1 saturated heterocycles. The Bertz CT molecular complexity index is 806. The third-order valence-electron chi connectivity index (χ3n) is 3.28. The molecular formula is C14H12N4O5. The number of para-hydroxylation sites is 1. The molecule has 0 bridgehead atoms. The summed E-state index contributed by atoms with van der Waals surface area (Å²) >= 11 is 0. The van der Waals surface area contributed by atoms with Crippen LogP contribution in [0.2, 0.25) is 0 Å². The van der Waals surface area contributed by atoms with Crippen molar-refractivity contribution < 1.29 is 24.3 Å². The number of imide groups is 1. The lowest BCUT2D eigenvalue weighted by molar-refractivity contribution is -0.207. The fraction of sp³-hybridized carbons (Fsp3) is 0.143. The Kier molecular flexibility index (Phi) is 3.54. The van der Waals surface area contributed by atoms with Gasteiger partial charge in [0.1, 0.15) is 0 Å². The summed E-state index contributed by atoms with van der Waals surface area (Å²) in [5.41, 5.74) is 6.36. The number of hydrogen-bond donors (Lipinski definition) is 2. The summed E-state index contributed by atoms with van der Waals surface area (Å²) in [7, 11) is 0. The van der Waals surface area contributed by atoms with Crippen LogP contribution in [0.3, 0.4) is 0 Å². The van der Waals surface area contributed by atoms with Gasteiger partial charge in [-0.25, -0.2) is 9.78 Å². The van der Waals surface area contributed by atoms with E-state index in [-0.39, 0.29) is 29.6 Å². The number of hydrazine groups is 1. The van der Waals surface area contributed by atoms with Crippen molar-refractivity contribution in [3.05, 3.63) is 30.3 Å². The third-order valence-corrected chi connectivity index (χ3v) is 3.28. The van der Waals surface area contributed by atoms with Gasteiger partial charge in [-0.1, -0.05) is 23.4 Å². The Morgan fingerprint density at radius 2 is 1.91 bits per heavy atom. The van der Waals surface area contributed by atoms with Crippen LogP contribution in [0.1, 0.15) is 12.8 Å². The minimum atomic E-state index is -1.36. The Balaban J connectivity index is 1.83. The zero-order valence-electron chi connectivity index (χ0n) is 11.8. The largest absolute Gasteiger partial charge is 0.461 e. The first-order valence-electron chi connectivity index (χ1n) is 6.69. The SMILES string of the molecule is Nc1cc2ccccc2nc1OC(=O)N(O)N1C(=O)CCC1=O. The molecule has 3 amide bonds. The van der Waals surface area contributed by atoms with Crippen LogP contribution in [0.25, 0.3) is 10.9 Å². The highest BCUT2D eigenvalue weighted by atomic mass is 16.7. The number of carbonyl (C=O) groups excluding carboxylic acids is 3. The van der Waals surface area contributed by atoms with E-state index in [1.807, 2.05) is 0 Å². The minimum absolute atomic E-state index is 0.0736. The molecule has 1 fully saturated rings. The molecule has 0 unspecified atom stereocenters. The van der Waals surface area contributed by atoms with Gasteiger partial charge in [-0.3, -0.25) is 14.8 Å². The van der Waals surface area contributed by atoms with E-state index in [1.54, 1.807) is 30.3 Å². The molecule has 2 heterocycles. The van der Waals surface area contributed by atoms with E-state index in [9.17, 15) is 19.6 Å². The molecular weight excluding hydrogens is 304 g/mol. The summed E-state index contributed by atoms with van der Waals surface area (Å²) in [6.07, 6.45) is -1.53. The van der Waals surface area contributed by atoms with Crippen LogP contribution in [0.15, 0.2) is 30.3 Å². The summed E-state index contributed by atoms with van der Waals surface area (Å²) in [6, 6.07) is 8.58. The summed E-state index contributed by atoms with van der Waals surface area (Å²) in [5.74, 6) is -1.63. The molecule has 0 saturated carbocycles. The second kappa shape index (κ2) is 5.54. The number of amides is 3. The van der Waals surface area contributed by atoms with E-state index in [0.29, 0.717) is 10.5 Å². The van der Waals surface area contributed by atoms with Gasteiger partial charge in [-0.05, 0) is 12.1 Å². The number of benzene rings is 1. The fourth-order valence-electron chi connectivity index (χ4n) is 2.18. The van der Waals surface area contributed by atoms with Crippen molar-refractivity contribution in [2.24, 2.45) is 0 Å². The van der Waals surface area contributed by atoms with Gasteiger partial charge in [0.25, 0.3) is 11.8 Å². The van der Waals surface area contributed by atoms with Gasteiger partial charge in [0.05, 0.1) is 11.2 Å². The third kappa shape index (κ3) is 2.64. The van der Waals surface area contributed by atoms with Crippen LogP contribution in [-0.4, -0.2) is 38.3 Å². The number of nitrogen functional groups attached to an aromatic ring is 1. The van der Waals surface area contributed by atoms with Crippen LogP contribution >= 0.6 is 0 Å². The van der Waals surface area contributed by atoms with Crippen molar-refractivity contribution >= 4 is 34.5 Å². The van der Waals surface area contributed by atoms with Crippen molar-refractivity contribution in [1.82, 2.24) is 15.2 Å². The van der Waals surface area contributed by atoms with Crippen LogP contribution in [0.5, 0.6) is 5.88 Å². The van der Waals surface area contributed by atoms with Crippen molar-refractivity contribution in [2.45, 2.75) is 12.8 Å². The van der Waals surface area contributed by atoms with E-state index in [2.05, 4.69) is 4.98 Å². The number of carbonyl (C=O) groups is 3. The van der Waals surface area contributed by atoms with Gasteiger partial charge in [0.2, 0.25) is 5.88 Å². The number of rotatable bonds is 2. The molecule has 1 aromatic heterocycles. The number of anilines is 1. The van der Waals surface area contributed by atoms with Crippen LogP contribution in [0.4, 0.5) is 10.5 Å². The maximum Gasteiger partial charge on any atom is 0.461 e. The number of hydrogen-bond acceptors (Lipinski definition) is 7. The maximum atomic E-state index is 11.9. The lowest BCUT2D eigenvalue weighted by atomic mass is 10.2. The number of aromatic nitrogens is 1. The van der Waals surface area contributed by atoms with Gasteiger partial charge >= 0.3 is 6.09 Å². The maximum absolute atomic E-state index is 11.9. The first kappa shape index (κ1) is 14.7. The molecule has 1 aliphatic rings. The first-order valence-corrected chi connectivity index (χ1v) is 6.69. The van der Waals surface area contributed by atoms with E-state index in [1.165, 1.54) is 0 Å². The fourth-order valence-corrected chi connectivity index (χ4v) is 2.18. The highest BCUT2D eigenvalue weighted by molar-refractivity contribution is 6.02. The Hall–Kier alpha value is -3.20. The molecule has 9 nitrogen and oxygen atoms in total. The molecule has 9 heteroatoms. The Labute approximate surface area is 129 Å². The second-order valence-corrected chi connectivity index (χ2v) is 4.83. The van der Waals surface area contributed by atoms with Gasteiger partial charge in [0.15, 0.2) is 0 Å². The predicted molar refractivity (Wildman–Crippen MR) is 76.9 cm³/mol. The smallest absolute Gasteiger partial charge is 0.394 e. The topological polar surface area (TPSA) is 126 Å². The molecule has 118 valence electrons. The average molecular weight is 316 g/mol. The normalized spacial score (nSPS) is 14.4. The second-order valence-electron chi connectivity index (χ2n) is 4.83. The monoisotopic (exact) mass is 316 g/mol. The predicted octanol–water partition coefficient (Wildman–Crippen LogP) is 1.07. The van der Waals surface area contributed by atoms with Crippen LogP contribution < -0.4 is 10.5 Å². The average Bonchev–Trinajstić information content (AvgIpc) is 2.86. The van der Waals surface area contributed by atoms with Gasteiger partial charge in [-0.2, -0.15) is 5.01 Å². The number of pyridine rings is 1. The van der Waals surface area contributed by atoms with Crippen LogP contribution in [-0.2, 0) is 9.59 Å². The van der Waals surface area contributed by atoms with Crippen molar-refractivity contribution in [2.75, 3.05) is 5.73 Å². The number of hydroxylamine groups is 1. The van der Waals surface area contributed by atoms with E-state index >= 15 is 0 Å². The molecule has 3 N–H and O–H groups in total. The zero-order chi connectivity index (χ0) is 16.6.